The summed E-state index contributed by atoms with van der Waals surface area (Å²) in [7, 11) is 2.97. The van der Waals surface area contributed by atoms with Crippen LogP contribution in [0.2, 0.25) is 0 Å². The number of alkyl halides is 3. The number of rotatable bonds is 6. The van der Waals surface area contributed by atoms with Gasteiger partial charge < -0.3 is 25.4 Å². The third-order valence-corrected chi connectivity index (χ3v) is 5.21. The first kappa shape index (κ1) is 23.8. The molecule has 0 spiro atoms. The molecule has 156 valence electrons. The Hall–Kier alpha value is -1.45. The normalized spacial score (nSPS) is 11.9. The number of methoxy groups -OCH3 is 2. The van der Waals surface area contributed by atoms with Gasteiger partial charge in [-0.25, -0.2) is 0 Å². The van der Waals surface area contributed by atoms with Gasteiger partial charge in [0.05, 0.1) is 19.9 Å². The Kier molecular flexibility index (Phi) is 8.66. The van der Waals surface area contributed by atoms with Gasteiger partial charge in [0, 0.05) is 10.0 Å². The first-order valence-corrected chi connectivity index (χ1v) is 10.4. The van der Waals surface area contributed by atoms with Gasteiger partial charge in [0.15, 0.2) is 16.6 Å². The molecule has 0 aliphatic rings. The summed E-state index contributed by atoms with van der Waals surface area (Å²) in [5.41, 5.74) is 0.993. The van der Waals surface area contributed by atoms with E-state index in [4.69, 9.17) is 56.5 Å². The molecular formula is C18H17BrCl3N3O3S. The second-order valence-electron chi connectivity index (χ2n) is 5.60. The summed E-state index contributed by atoms with van der Waals surface area (Å²) >= 11 is 26.8. The second-order valence-corrected chi connectivity index (χ2v) is 9.23. The van der Waals surface area contributed by atoms with Crippen LogP contribution in [0.4, 0.5) is 5.69 Å². The molecule has 0 saturated carbocycles. The number of benzene rings is 2. The SMILES string of the molecule is COc1ccc(C(=O)NC(NC(=S)Nc2ccccc2Br)C(Cl)(Cl)Cl)cc1OC. The van der Waals surface area contributed by atoms with Crippen molar-refractivity contribution in [2.24, 2.45) is 0 Å². The van der Waals surface area contributed by atoms with Crippen LogP contribution in [-0.4, -0.2) is 35.2 Å². The maximum absolute atomic E-state index is 12.7. The number of hydrogen-bond donors (Lipinski definition) is 3. The molecule has 6 nitrogen and oxygen atoms in total. The zero-order valence-electron chi connectivity index (χ0n) is 15.3. The van der Waals surface area contributed by atoms with Crippen LogP contribution in [0.1, 0.15) is 10.4 Å². The number of carbonyl (C=O) groups excluding carboxylic acids is 1. The first-order chi connectivity index (χ1) is 13.7. The van der Waals surface area contributed by atoms with Gasteiger partial charge in [0.25, 0.3) is 5.91 Å². The summed E-state index contributed by atoms with van der Waals surface area (Å²) in [6, 6.07) is 12.0. The number of carbonyl (C=O) groups is 1. The summed E-state index contributed by atoms with van der Waals surface area (Å²) in [5.74, 6) is 0.377. The van der Waals surface area contributed by atoms with E-state index in [1.807, 2.05) is 24.3 Å². The number of anilines is 1. The highest BCUT2D eigenvalue weighted by atomic mass is 79.9. The van der Waals surface area contributed by atoms with E-state index < -0.39 is 15.9 Å². The molecule has 1 unspecified atom stereocenters. The number of hydrogen-bond acceptors (Lipinski definition) is 4. The highest BCUT2D eigenvalue weighted by molar-refractivity contribution is 9.10. The molecule has 2 aromatic carbocycles. The zero-order valence-corrected chi connectivity index (χ0v) is 19.9. The molecule has 0 saturated heterocycles. The minimum absolute atomic E-state index is 0.154. The molecule has 2 rings (SSSR count). The molecule has 1 atom stereocenters. The van der Waals surface area contributed by atoms with E-state index in [-0.39, 0.29) is 10.7 Å². The Morgan fingerprint density at radius 3 is 2.31 bits per heavy atom. The molecular weight excluding hydrogens is 525 g/mol. The fourth-order valence-electron chi connectivity index (χ4n) is 2.24. The van der Waals surface area contributed by atoms with Crippen molar-refractivity contribution >= 4 is 79.7 Å². The fourth-order valence-corrected chi connectivity index (χ4v) is 3.18. The Labute approximate surface area is 197 Å². The average molecular weight is 542 g/mol. The summed E-state index contributed by atoms with van der Waals surface area (Å²) in [4.78, 5) is 12.7. The zero-order chi connectivity index (χ0) is 21.6. The molecule has 0 fully saturated rings. The minimum Gasteiger partial charge on any atom is -0.493 e. The van der Waals surface area contributed by atoms with Gasteiger partial charge in [-0.2, -0.15) is 0 Å². The van der Waals surface area contributed by atoms with Crippen molar-refractivity contribution < 1.29 is 14.3 Å². The van der Waals surface area contributed by atoms with E-state index in [0.717, 1.165) is 4.47 Å². The van der Waals surface area contributed by atoms with Crippen LogP contribution in [0.5, 0.6) is 11.5 Å². The summed E-state index contributed by atoms with van der Waals surface area (Å²) in [6.45, 7) is 0. The van der Waals surface area contributed by atoms with Crippen molar-refractivity contribution in [3.63, 3.8) is 0 Å². The number of amides is 1. The van der Waals surface area contributed by atoms with Gasteiger partial charge in [0.2, 0.25) is 3.79 Å². The van der Waals surface area contributed by atoms with Crippen LogP contribution in [0, 0.1) is 0 Å². The summed E-state index contributed by atoms with van der Waals surface area (Å²) < 4.78 is 9.28. The van der Waals surface area contributed by atoms with Crippen LogP contribution in [0.15, 0.2) is 46.9 Å². The standard InChI is InChI=1S/C18H17BrCl3N3O3S/c1-27-13-8-7-10(9-14(13)28-2)15(26)24-16(18(20,21)22)25-17(29)23-12-6-4-3-5-11(12)19/h3-9,16H,1-2H3,(H,24,26)(H2,23,25,29). The molecule has 0 aliphatic carbocycles. The Bertz CT molecular complexity index is 896. The lowest BCUT2D eigenvalue weighted by Gasteiger charge is -2.28. The van der Waals surface area contributed by atoms with Crippen LogP contribution in [-0.2, 0) is 0 Å². The highest BCUT2D eigenvalue weighted by Crippen LogP contribution is 2.31. The average Bonchev–Trinajstić information content (AvgIpc) is 2.67. The highest BCUT2D eigenvalue weighted by Gasteiger charge is 2.35. The summed E-state index contributed by atoms with van der Waals surface area (Å²) in [6.07, 6.45) is -1.12. The van der Waals surface area contributed by atoms with Crippen molar-refractivity contribution in [3.8, 4) is 11.5 Å². The molecule has 0 bridgehead atoms. The second kappa shape index (κ2) is 10.5. The van der Waals surface area contributed by atoms with Crippen molar-refractivity contribution in [3.05, 3.63) is 52.5 Å². The van der Waals surface area contributed by atoms with E-state index in [1.165, 1.54) is 20.3 Å². The number of halogens is 4. The number of para-hydroxylation sites is 1. The molecule has 0 aliphatic heterocycles. The van der Waals surface area contributed by atoms with E-state index in [1.54, 1.807) is 12.1 Å². The molecule has 0 heterocycles. The van der Waals surface area contributed by atoms with Gasteiger partial charge >= 0.3 is 0 Å². The number of thiocarbonyl (C=S) groups is 1. The number of ether oxygens (including phenoxy) is 2. The van der Waals surface area contributed by atoms with E-state index in [2.05, 4.69) is 31.9 Å². The molecule has 2 aromatic rings. The topological polar surface area (TPSA) is 71.6 Å². The minimum atomic E-state index is -1.88. The smallest absolute Gasteiger partial charge is 0.253 e. The van der Waals surface area contributed by atoms with Crippen molar-refractivity contribution in [1.29, 1.82) is 0 Å². The monoisotopic (exact) mass is 539 g/mol. The van der Waals surface area contributed by atoms with Gasteiger partial charge in [-0.05, 0) is 58.5 Å². The van der Waals surface area contributed by atoms with Crippen LogP contribution < -0.4 is 25.4 Å². The van der Waals surface area contributed by atoms with Gasteiger partial charge in [0.1, 0.15) is 6.17 Å². The lowest BCUT2D eigenvalue weighted by Crippen LogP contribution is -2.56. The van der Waals surface area contributed by atoms with E-state index >= 15 is 0 Å². The lowest BCUT2D eigenvalue weighted by atomic mass is 10.2. The lowest BCUT2D eigenvalue weighted by molar-refractivity contribution is 0.0934. The van der Waals surface area contributed by atoms with Crippen LogP contribution >= 0.6 is 63.0 Å². The van der Waals surface area contributed by atoms with Gasteiger partial charge in [-0.1, -0.05) is 46.9 Å². The predicted octanol–water partition coefficient (Wildman–Crippen LogP) is 4.88. The Balaban J connectivity index is 2.13. The molecule has 0 radical (unpaired) electrons. The van der Waals surface area contributed by atoms with Gasteiger partial charge in [-0.15, -0.1) is 0 Å². The molecule has 1 amide bonds. The number of nitrogens with one attached hydrogen (secondary N) is 3. The van der Waals surface area contributed by atoms with Gasteiger partial charge in [-0.3, -0.25) is 4.79 Å². The third kappa shape index (κ3) is 6.79. The maximum atomic E-state index is 12.7. The predicted molar refractivity (Wildman–Crippen MR) is 125 cm³/mol. The van der Waals surface area contributed by atoms with Crippen molar-refractivity contribution in [2.45, 2.75) is 9.96 Å². The molecule has 11 heteroatoms. The third-order valence-electron chi connectivity index (χ3n) is 3.65. The van der Waals surface area contributed by atoms with E-state index in [9.17, 15) is 4.79 Å². The first-order valence-electron chi connectivity index (χ1n) is 8.07. The molecule has 3 N–H and O–H groups in total. The largest absolute Gasteiger partial charge is 0.493 e. The van der Waals surface area contributed by atoms with Crippen LogP contribution in [0.3, 0.4) is 0 Å². The van der Waals surface area contributed by atoms with Crippen molar-refractivity contribution in [2.75, 3.05) is 19.5 Å². The molecule has 0 aromatic heterocycles. The van der Waals surface area contributed by atoms with Crippen molar-refractivity contribution in [1.82, 2.24) is 10.6 Å². The maximum Gasteiger partial charge on any atom is 0.253 e. The Morgan fingerprint density at radius 2 is 1.72 bits per heavy atom. The van der Waals surface area contributed by atoms with Crippen LogP contribution in [0.25, 0.3) is 0 Å². The van der Waals surface area contributed by atoms with E-state index in [0.29, 0.717) is 17.2 Å². The Morgan fingerprint density at radius 1 is 1.07 bits per heavy atom. The quantitative estimate of drug-likeness (QED) is 0.275. The molecule has 29 heavy (non-hydrogen) atoms. The summed E-state index contributed by atoms with van der Waals surface area (Å²) in [5, 5.41) is 8.53. The fraction of sp³-hybridized carbons (Fsp3) is 0.222.